The number of hydrogen-bond donors (Lipinski definition) is 0. The second-order valence-corrected chi connectivity index (χ2v) is 8.75. The number of carbonyl (C=O) groups excluding carboxylic acids is 2. The Hall–Kier alpha value is -2.72. The van der Waals surface area contributed by atoms with E-state index in [1.54, 1.807) is 20.8 Å². The van der Waals surface area contributed by atoms with Crippen molar-refractivity contribution >= 4 is 45.1 Å². The van der Waals surface area contributed by atoms with Crippen molar-refractivity contribution in [3.05, 3.63) is 66.4 Å². The summed E-state index contributed by atoms with van der Waals surface area (Å²) in [6.07, 6.45) is -1.19. The van der Waals surface area contributed by atoms with Crippen molar-refractivity contribution in [2.24, 2.45) is 0 Å². The van der Waals surface area contributed by atoms with Crippen LogP contribution in [0.4, 0.5) is 14.9 Å². The van der Waals surface area contributed by atoms with E-state index in [0.29, 0.717) is 4.90 Å². The third-order valence-corrected chi connectivity index (χ3v) is 5.11. The molecule has 1 amide bonds. The molecule has 0 unspecified atom stereocenters. The largest absolute Gasteiger partial charge is 0.495 e. The van der Waals surface area contributed by atoms with E-state index < -0.39 is 53.0 Å². The highest BCUT2D eigenvalue weighted by Gasteiger charge is 2.31. The lowest BCUT2D eigenvalue weighted by atomic mass is 9.98. The number of halogens is 3. The smallest absolute Gasteiger partial charge is 0.410 e. The van der Waals surface area contributed by atoms with Crippen molar-refractivity contribution in [2.75, 3.05) is 14.1 Å². The first-order chi connectivity index (χ1) is 16.0. The average molecular weight is 535 g/mol. The van der Waals surface area contributed by atoms with Gasteiger partial charge in [0, 0.05) is 28.3 Å². The normalized spacial score (nSPS) is 12.9. The fraction of sp³-hybridized carbons (Fsp3) is 0.333. The molecule has 0 aliphatic rings. The molecule has 0 aromatic heterocycles. The zero-order valence-electron chi connectivity index (χ0n) is 20.5. The Morgan fingerprint density at radius 1 is 1.34 bits per heavy atom. The van der Waals surface area contributed by atoms with Gasteiger partial charge < -0.3 is 14.4 Å². The number of rotatable bonds is 6. The summed E-state index contributed by atoms with van der Waals surface area (Å²) in [5.74, 6) is -1.91. The maximum atomic E-state index is 13.8. The molecular weight excluding hydrogens is 511 g/mol. The first kappa shape index (κ1) is 21.1. The third kappa shape index (κ3) is 5.74. The Balaban J connectivity index is 2.71. The third-order valence-electron chi connectivity index (χ3n) is 4.02. The molecule has 172 valence electrons. The lowest BCUT2D eigenvalue weighted by Crippen LogP contribution is -2.34. The number of nitro groups is 1. The van der Waals surface area contributed by atoms with Crippen LogP contribution in [0.5, 0.6) is 5.75 Å². The van der Waals surface area contributed by atoms with Crippen LogP contribution in [0.25, 0.3) is 0 Å². The van der Waals surface area contributed by atoms with Crippen molar-refractivity contribution < 1.29 is 32.5 Å². The summed E-state index contributed by atoms with van der Waals surface area (Å²) < 4.78 is 47.2. The Morgan fingerprint density at radius 3 is 2.53 bits per heavy atom. The van der Waals surface area contributed by atoms with E-state index in [4.69, 9.17) is 25.2 Å². The van der Waals surface area contributed by atoms with E-state index in [1.165, 1.54) is 7.11 Å². The molecule has 8 nitrogen and oxygen atoms in total. The summed E-state index contributed by atoms with van der Waals surface area (Å²) in [6.45, 7) is 0.981. The first-order valence-electron chi connectivity index (χ1n) is 10.5. The van der Waals surface area contributed by atoms with Gasteiger partial charge in [0.1, 0.15) is 22.7 Å². The number of ether oxygens (including phenoxy) is 2. The molecule has 0 aliphatic carbocycles. The summed E-state index contributed by atoms with van der Waals surface area (Å²) in [4.78, 5) is 37.2. The van der Waals surface area contributed by atoms with Crippen molar-refractivity contribution in [2.45, 2.75) is 32.9 Å². The molecule has 0 saturated heterocycles. The number of benzene rings is 2. The number of methoxy groups -OCH3 is 1. The van der Waals surface area contributed by atoms with Gasteiger partial charge in [0.05, 0.1) is 28.1 Å². The van der Waals surface area contributed by atoms with Crippen LogP contribution in [0.1, 0.15) is 46.4 Å². The second kappa shape index (κ2) is 9.83. The molecule has 11 heteroatoms. The van der Waals surface area contributed by atoms with E-state index in [2.05, 4.69) is 15.9 Å². The van der Waals surface area contributed by atoms with Crippen LogP contribution >= 0.6 is 27.5 Å². The van der Waals surface area contributed by atoms with Crippen molar-refractivity contribution in [3.63, 3.8) is 0 Å². The molecular formula is C21H21BrClFN2O6. The molecule has 2 aromatic rings. The van der Waals surface area contributed by atoms with Crippen LogP contribution in [0.3, 0.4) is 0 Å². The van der Waals surface area contributed by atoms with Crippen LogP contribution in [-0.2, 0) is 11.3 Å². The van der Waals surface area contributed by atoms with Gasteiger partial charge in [-0.1, -0.05) is 11.6 Å². The maximum absolute atomic E-state index is 13.8. The van der Waals surface area contributed by atoms with Crippen LogP contribution in [-0.4, -0.2) is 41.4 Å². The number of ketones is 1. The summed E-state index contributed by atoms with van der Waals surface area (Å²) in [5, 5.41) is 11.7. The minimum absolute atomic E-state index is 0.102. The monoisotopic (exact) mass is 533 g/mol. The Labute approximate surface area is 201 Å². The minimum atomic E-state index is -2.97. The number of hydrogen-bond acceptors (Lipinski definition) is 6. The molecule has 32 heavy (non-hydrogen) atoms. The SMILES string of the molecule is [2H]C([2H])([2H])N(Cc1cc([N+](=O)[O-])c(C(=O)c2cc(F)ccc2Cl)c(Br)c1OC)C(=O)OC(C)(C)C. The van der Waals surface area contributed by atoms with Gasteiger partial charge in [0.15, 0.2) is 0 Å². The quantitative estimate of drug-likeness (QED) is 0.266. The van der Waals surface area contributed by atoms with Crippen LogP contribution in [0, 0.1) is 15.9 Å². The molecule has 2 rings (SSSR count). The average Bonchev–Trinajstić information content (AvgIpc) is 2.70. The number of carbonyl (C=O) groups is 2. The van der Waals surface area contributed by atoms with Gasteiger partial charge in [-0.15, -0.1) is 0 Å². The second-order valence-electron chi connectivity index (χ2n) is 7.55. The van der Waals surface area contributed by atoms with Crippen LogP contribution in [0.15, 0.2) is 28.7 Å². The highest BCUT2D eigenvalue weighted by atomic mass is 79.9. The van der Waals surface area contributed by atoms with Gasteiger partial charge in [-0.3, -0.25) is 14.9 Å². The lowest BCUT2D eigenvalue weighted by molar-refractivity contribution is -0.385. The zero-order valence-corrected chi connectivity index (χ0v) is 19.8. The van der Waals surface area contributed by atoms with Crippen molar-refractivity contribution in [3.8, 4) is 5.75 Å². The van der Waals surface area contributed by atoms with Gasteiger partial charge >= 0.3 is 6.09 Å². The molecule has 2 aromatic carbocycles. The molecule has 0 radical (unpaired) electrons. The Morgan fingerprint density at radius 2 is 2.00 bits per heavy atom. The molecule has 0 aliphatic heterocycles. The standard InChI is InChI=1S/C21H21BrClFN2O6/c1-21(2,3)32-20(28)25(4)10-11-8-15(26(29)30)16(17(22)19(11)31-5)18(27)13-9-12(24)6-7-14(13)23/h6-9H,10H2,1-5H3/i4D3. The summed E-state index contributed by atoms with van der Waals surface area (Å²) >= 11 is 9.13. The van der Waals surface area contributed by atoms with Gasteiger partial charge in [-0.2, -0.15) is 0 Å². The van der Waals surface area contributed by atoms with Crippen LogP contribution in [0.2, 0.25) is 5.02 Å². The van der Waals surface area contributed by atoms with E-state index >= 15 is 0 Å². The lowest BCUT2D eigenvalue weighted by Gasteiger charge is -2.25. The summed E-state index contributed by atoms with van der Waals surface area (Å²) in [7, 11) is 1.19. The molecule has 0 atom stereocenters. The zero-order chi connectivity index (χ0) is 26.9. The molecule has 0 fully saturated rings. The molecule has 0 bridgehead atoms. The van der Waals surface area contributed by atoms with E-state index in [1.807, 2.05) is 0 Å². The first-order valence-corrected chi connectivity index (χ1v) is 10.2. The van der Waals surface area contributed by atoms with Crippen molar-refractivity contribution in [1.29, 1.82) is 0 Å². The topological polar surface area (TPSA) is 99.0 Å². The fourth-order valence-electron chi connectivity index (χ4n) is 2.73. The Kier molecular flexibility index (Phi) is 6.49. The number of amides is 1. The predicted octanol–water partition coefficient (Wildman–Crippen LogP) is 5.76. The van der Waals surface area contributed by atoms with E-state index in [-0.39, 0.29) is 26.4 Å². The summed E-state index contributed by atoms with van der Waals surface area (Å²) in [5.41, 5.74) is -2.69. The predicted molar refractivity (Wildman–Crippen MR) is 120 cm³/mol. The van der Waals surface area contributed by atoms with Crippen molar-refractivity contribution in [1.82, 2.24) is 4.90 Å². The van der Waals surface area contributed by atoms with E-state index in [0.717, 1.165) is 24.3 Å². The van der Waals surface area contributed by atoms with Gasteiger partial charge in [-0.25, -0.2) is 9.18 Å². The van der Waals surface area contributed by atoms with Gasteiger partial charge in [-0.05, 0) is 54.9 Å². The van der Waals surface area contributed by atoms with Gasteiger partial charge in [0.2, 0.25) is 5.78 Å². The van der Waals surface area contributed by atoms with Crippen LogP contribution < -0.4 is 4.74 Å². The highest BCUT2D eigenvalue weighted by Crippen LogP contribution is 2.41. The molecule has 0 heterocycles. The fourth-order valence-corrected chi connectivity index (χ4v) is 3.73. The van der Waals surface area contributed by atoms with Gasteiger partial charge in [0.25, 0.3) is 5.69 Å². The minimum Gasteiger partial charge on any atom is -0.495 e. The number of nitrogens with zero attached hydrogens (tertiary/aromatic N) is 2. The highest BCUT2D eigenvalue weighted by molar-refractivity contribution is 9.10. The van der Waals surface area contributed by atoms with E-state index in [9.17, 15) is 24.1 Å². The molecule has 0 N–H and O–H groups in total. The maximum Gasteiger partial charge on any atom is 0.410 e. The molecule has 0 spiro atoms. The number of nitro benzene ring substituents is 1. The molecule has 0 saturated carbocycles. The summed E-state index contributed by atoms with van der Waals surface area (Å²) in [6, 6.07) is 3.89. The Bertz CT molecular complexity index is 1190.